The molecule has 1 saturated heterocycles. The van der Waals surface area contributed by atoms with Gasteiger partial charge in [0.05, 0.1) is 18.8 Å². The number of pyridine rings is 1. The first-order valence-electron chi connectivity index (χ1n) is 6.85. The molecule has 2 N–H and O–H groups in total. The number of rotatable bonds is 2. The smallest absolute Gasteiger partial charge is 0.272 e. The van der Waals surface area contributed by atoms with Crippen LogP contribution in [0, 0.1) is 0 Å². The number of aromatic nitrogens is 1. The van der Waals surface area contributed by atoms with Crippen LogP contribution in [0.5, 0.6) is 0 Å². The lowest BCUT2D eigenvalue weighted by Crippen LogP contribution is -2.51. The summed E-state index contributed by atoms with van der Waals surface area (Å²) in [6.45, 7) is 1.25. The molecule has 0 spiro atoms. The Kier molecular flexibility index (Phi) is 3.67. The average Bonchev–Trinajstić information content (AvgIpc) is 2.95. The molecule has 2 heterocycles. The molecule has 2 atom stereocenters. The zero-order valence-corrected chi connectivity index (χ0v) is 11.9. The third-order valence-electron chi connectivity index (χ3n) is 4.01. The van der Waals surface area contributed by atoms with Crippen molar-refractivity contribution in [1.82, 2.24) is 9.88 Å². The molecule has 106 valence electrons. The normalized spacial score (nSPS) is 25.3. The molecule has 1 aliphatic heterocycles. The zero-order valence-electron chi connectivity index (χ0n) is 11.1. The van der Waals surface area contributed by atoms with Crippen LogP contribution in [0.15, 0.2) is 18.3 Å². The first kappa shape index (κ1) is 13.5. The van der Waals surface area contributed by atoms with Crippen LogP contribution in [0.1, 0.15) is 35.3 Å². The number of hydrogen-bond donors (Lipinski definition) is 1. The fourth-order valence-corrected chi connectivity index (χ4v) is 3.11. The van der Waals surface area contributed by atoms with Crippen LogP contribution < -0.4 is 5.73 Å². The largest absolute Gasteiger partial charge is 0.389 e. The van der Waals surface area contributed by atoms with Gasteiger partial charge in [0.1, 0.15) is 10.7 Å². The summed E-state index contributed by atoms with van der Waals surface area (Å²) < 4.78 is 5.72. The van der Waals surface area contributed by atoms with Crippen molar-refractivity contribution in [2.75, 3.05) is 13.2 Å². The number of morpholine rings is 1. The minimum absolute atomic E-state index is 0.0281. The van der Waals surface area contributed by atoms with Crippen molar-refractivity contribution in [2.24, 2.45) is 5.73 Å². The standard InChI is InChI=1S/C14H17N3O2S/c15-13(20)9-4-5-10(16-8-9)14(18)17-6-7-19-12-3-1-2-11(12)17/h4-5,8,11-12H,1-3,6-7H2,(H2,15,20). The number of ether oxygens (including phenoxy) is 1. The van der Waals surface area contributed by atoms with E-state index in [1.165, 1.54) is 0 Å². The van der Waals surface area contributed by atoms with Gasteiger partial charge in [-0.15, -0.1) is 0 Å². The molecule has 6 heteroatoms. The van der Waals surface area contributed by atoms with Gasteiger partial charge in [-0.2, -0.15) is 0 Å². The molecule has 1 aromatic heterocycles. The Hall–Kier alpha value is -1.53. The monoisotopic (exact) mass is 291 g/mol. The minimum Gasteiger partial charge on any atom is -0.389 e. The Morgan fingerprint density at radius 3 is 3.00 bits per heavy atom. The van der Waals surface area contributed by atoms with Gasteiger partial charge in [0.2, 0.25) is 0 Å². The molecular weight excluding hydrogens is 274 g/mol. The first-order chi connectivity index (χ1) is 9.66. The van der Waals surface area contributed by atoms with E-state index in [1.807, 2.05) is 4.90 Å². The average molecular weight is 291 g/mol. The number of amides is 1. The summed E-state index contributed by atoms with van der Waals surface area (Å²) in [5.41, 5.74) is 6.65. The second-order valence-corrected chi connectivity index (χ2v) is 5.64. The number of fused-ring (bicyclic) bond motifs is 1. The summed E-state index contributed by atoms with van der Waals surface area (Å²) in [4.78, 5) is 19.0. The van der Waals surface area contributed by atoms with E-state index >= 15 is 0 Å². The number of hydrogen-bond acceptors (Lipinski definition) is 4. The van der Waals surface area contributed by atoms with Crippen LogP contribution in [0.25, 0.3) is 0 Å². The quantitative estimate of drug-likeness (QED) is 0.827. The second kappa shape index (κ2) is 5.46. The SMILES string of the molecule is NC(=S)c1ccc(C(=O)N2CCOC3CCCC32)nc1. The van der Waals surface area contributed by atoms with E-state index in [0.29, 0.717) is 29.4 Å². The summed E-state index contributed by atoms with van der Waals surface area (Å²) in [6, 6.07) is 3.64. The van der Waals surface area contributed by atoms with E-state index in [9.17, 15) is 4.79 Å². The highest BCUT2D eigenvalue weighted by Crippen LogP contribution is 2.30. The van der Waals surface area contributed by atoms with E-state index in [-0.39, 0.29) is 18.1 Å². The van der Waals surface area contributed by atoms with Gasteiger partial charge >= 0.3 is 0 Å². The Morgan fingerprint density at radius 2 is 2.30 bits per heavy atom. The molecule has 1 amide bonds. The molecular formula is C14H17N3O2S. The van der Waals surface area contributed by atoms with Crippen molar-refractivity contribution < 1.29 is 9.53 Å². The van der Waals surface area contributed by atoms with E-state index in [0.717, 1.165) is 19.3 Å². The topological polar surface area (TPSA) is 68.5 Å². The molecule has 0 aromatic carbocycles. The van der Waals surface area contributed by atoms with Gasteiger partial charge in [-0.25, -0.2) is 0 Å². The summed E-state index contributed by atoms with van der Waals surface area (Å²) >= 11 is 4.88. The van der Waals surface area contributed by atoms with Crippen LogP contribution in [-0.4, -0.2) is 46.1 Å². The number of nitrogens with two attached hydrogens (primary N) is 1. The molecule has 1 aromatic rings. The van der Waals surface area contributed by atoms with Gasteiger partial charge < -0.3 is 15.4 Å². The maximum atomic E-state index is 12.6. The van der Waals surface area contributed by atoms with Crippen molar-refractivity contribution in [2.45, 2.75) is 31.4 Å². The van der Waals surface area contributed by atoms with Gasteiger partial charge in [-0.3, -0.25) is 9.78 Å². The van der Waals surface area contributed by atoms with Crippen molar-refractivity contribution in [1.29, 1.82) is 0 Å². The highest BCUT2D eigenvalue weighted by Gasteiger charge is 2.38. The predicted molar refractivity (Wildman–Crippen MR) is 78.5 cm³/mol. The summed E-state index contributed by atoms with van der Waals surface area (Å²) in [6.07, 6.45) is 4.93. The Balaban J connectivity index is 1.79. The molecule has 2 aliphatic rings. The second-order valence-electron chi connectivity index (χ2n) is 5.20. The number of nitrogens with zero attached hydrogens (tertiary/aromatic N) is 2. The third kappa shape index (κ3) is 2.41. The number of carbonyl (C=O) groups is 1. The fraction of sp³-hybridized carbons (Fsp3) is 0.500. The predicted octanol–water partition coefficient (Wildman–Crippen LogP) is 1.11. The van der Waals surface area contributed by atoms with Crippen molar-refractivity contribution >= 4 is 23.1 Å². The molecule has 1 aliphatic carbocycles. The Bertz CT molecular complexity index is 532. The lowest BCUT2D eigenvalue weighted by molar-refractivity contribution is -0.0447. The highest BCUT2D eigenvalue weighted by molar-refractivity contribution is 7.80. The van der Waals surface area contributed by atoms with E-state index in [1.54, 1.807) is 18.3 Å². The summed E-state index contributed by atoms with van der Waals surface area (Å²) in [5, 5.41) is 0. The Labute approximate surface area is 123 Å². The first-order valence-corrected chi connectivity index (χ1v) is 7.26. The maximum absolute atomic E-state index is 12.6. The van der Waals surface area contributed by atoms with Crippen LogP contribution in [0.4, 0.5) is 0 Å². The molecule has 0 radical (unpaired) electrons. The number of carbonyl (C=O) groups excluding carboxylic acids is 1. The molecule has 20 heavy (non-hydrogen) atoms. The van der Waals surface area contributed by atoms with E-state index in [2.05, 4.69) is 4.98 Å². The fourth-order valence-electron chi connectivity index (χ4n) is 2.99. The van der Waals surface area contributed by atoms with Crippen molar-refractivity contribution in [3.05, 3.63) is 29.6 Å². The van der Waals surface area contributed by atoms with Gasteiger partial charge in [0.25, 0.3) is 5.91 Å². The third-order valence-corrected chi connectivity index (χ3v) is 4.25. The summed E-state index contributed by atoms with van der Waals surface area (Å²) in [7, 11) is 0. The van der Waals surface area contributed by atoms with Crippen LogP contribution in [0.2, 0.25) is 0 Å². The van der Waals surface area contributed by atoms with Gasteiger partial charge in [0.15, 0.2) is 0 Å². The van der Waals surface area contributed by atoms with E-state index < -0.39 is 0 Å². The van der Waals surface area contributed by atoms with Crippen molar-refractivity contribution in [3.8, 4) is 0 Å². The van der Waals surface area contributed by atoms with E-state index in [4.69, 9.17) is 22.7 Å². The van der Waals surface area contributed by atoms with Crippen LogP contribution in [-0.2, 0) is 4.74 Å². The summed E-state index contributed by atoms with van der Waals surface area (Å²) in [5.74, 6) is -0.0281. The van der Waals surface area contributed by atoms with Gasteiger partial charge in [-0.05, 0) is 31.4 Å². The molecule has 0 bridgehead atoms. The molecule has 3 rings (SSSR count). The Morgan fingerprint density at radius 1 is 1.45 bits per heavy atom. The van der Waals surface area contributed by atoms with Gasteiger partial charge in [0, 0.05) is 18.3 Å². The highest BCUT2D eigenvalue weighted by atomic mass is 32.1. The molecule has 2 unspecified atom stereocenters. The zero-order chi connectivity index (χ0) is 14.1. The lowest BCUT2D eigenvalue weighted by atomic mass is 10.1. The molecule has 1 saturated carbocycles. The minimum atomic E-state index is -0.0281. The molecule has 2 fully saturated rings. The van der Waals surface area contributed by atoms with Crippen LogP contribution in [0.3, 0.4) is 0 Å². The molecule has 5 nitrogen and oxygen atoms in total. The van der Waals surface area contributed by atoms with Crippen LogP contribution >= 0.6 is 12.2 Å². The maximum Gasteiger partial charge on any atom is 0.272 e. The lowest BCUT2D eigenvalue weighted by Gasteiger charge is -2.37. The van der Waals surface area contributed by atoms with Gasteiger partial charge in [-0.1, -0.05) is 12.2 Å². The van der Waals surface area contributed by atoms with Crippen molar-refractivity contribution in [3.63, 3.8) is 0 Å². The number of thiocarbonyl (C=S) groups is 1.